The number of fused-ring (bicyclic) bond motifs is 1. The van der Waals surface area contributed by atoms with Crippen LogP contribution in [0.3, 0.4) is 0 Å². The summed E-state index contributed by atoms with van der Waals surface area (Å²) >= 11 is 0. The standard InChI is InChI=1S/C15H15NO/c17-15(9-11-3-1-4-11)13-6-2-5-12-7-8-16-10-14(12)13/h2,5-8,10-11H,1,3-4,9H2. The zero-order valence-corrected chi connectivity index (χ0v) is 9.73. The number of benzene rings is 1. The molecule has 0 spiro atoms. The highest BCUT2D eigenvalue weighted by Crippen LogP contribution is 2.31. The van der Waals surface area contributed by atoms with Crippen LogP contribution in [0.4, 0.5) is 0 Å². The van der Waals surface area contributed by atoms with Gasteiger partial charge in [-0.15, -0.1) is 0 Å². The molecule has 0 amide bonds. The summed E-state index contributed by atoms with van der Waals surface area (Å²) in [5.74, 6) is 0.891. The number of hydrogen-bond donors (Lipinski definition) is 0. The lowest BCUT2D eigenvalue weighted by molar-refractivity contribution is 0.0938. The van der Waals surface area contributed by atoms with Gasteiger partial charge in [-0.25, -0.2) is 0 Å². The molecule has 2 heteroatoms. The largest absolute Gasteiger partial charge is 0.294 e. The third-order valence-electron chi connectivity index (χ3n) is 3.68. The molecule has 0 N–H and O–H groups in total. The van der Waals surface area contributed by atoms with Gasteiger partial charge in [0.2, 0.25) is 0 Å². The Hall–Kier alpha value is -1.70. The summed E-state index contributed by atoms with van der Waals surface area (Å²) in [7, 11) is 0. The summed E-state index contributed by atoms with van der Waals surface area (Å²) in [5.41, 5.74) is 0.836. The minimum Gasteiger partial charge on any atom is -0.294 e. The molecule has 2 aromatic rings. The SMILES string of the molecule is O=C(CC1CCC1)c1cccc2ccncc12. The zero-order chi connectivity index (χ0) is 11.7. The Labute approximate surface area is 101 Å². The van der Waals surface area contributed by atoms with Gasteiger partial charge in [0.1, 0.15) is 0 Å². The first-order valence-corrected chi connectivity index (χ1v) is 6.20. The third-order valence-corrected chi connectivity index (χ3v) is 3.68. The van der Waals surface area contributed by atoms with Crippen molar-refractivity contribution in [2.24, 2.45) is 5.92 Å². The van der Waals surface area contributed by atoms with Gasteiger partial charge < -0.3 is 0 Å². The quantitative estimate of drug-likeness (QED) is 0.747. The van der Waals surface area contributed by atoms with Gasteiger partial charge in [-0.2, -0.15) is 0 Å². The molecule has 0 radical (unpaired) electrons. The van der Waals surface area contributed by atoms with E-state index in [1.54, 1.807) is 12.4 Å². The second-order valence-corrected chi connectivity index (χ2v) is 4.83. The van der Waals surface area contributed by atoms with Gasteiger partial charge >= 0.3 is 0 Å². The number of pyridine rings is 1. The molecular formula is C15H15NO. The molecule has 0 unspecified atom stereocenters. The van der Waals surface area contributed by atoms with Crippen LogP contribution in [0.15, 0.2) is 36.7 Å². The molecule has 1 aliphatic carbocycles. The number of carbonyl (C=O) groups is 1. The van der Waals surface area contributed by atoms with Crippen LogP contribution in [0.5, 0.6) is 0 Å². The van der Waals surface area contributed by atoms with E-state index in [1.165, 1.54) is 19.3 Å². The molecule has 1 aromatic heterocycles. The number of Topliss-reactive ketones (excluding diaryl/α,β-unsaturated/α-hetero) is 1. The normalized spacial score (nSPS) is 15.8. The summed E-state index contributed by atoms with van der Waals surface area (Å²) in [4.78, 5) is 16.4. The van der Waals surface area contributed by atoms with Crippen molar-refractivity contribution >= 4 is 16.6 Å². The van der Waals surface area contributed by atoms with Crippen LogP contribution in [0.1, 0.15) is 36.0 Å². The van der Waals surface area contributed by atoms with Crippen LogP contribution in [0.25, 0.3) is 10.8 Å². The van der Waals surface area contributed by atoms with E-state index in [9.17, 15) is 4.79 Å². The maximum absolute atomic E-state index is 12.2. The number of aromatic nitrogens is 1. The number of rotatable bonds is 3. The highest BCUT2D eigenvalue weighted by atomic mass is 16.1. The number of nitrogens with zero attached hydrogens (tertiary/aromatic N) is 1. The lowest BCUT2D eigenvalue weighted by Gasteiger charge is -2.24. The van der Waals surface area contributed by atoms with Crippen molar-refractivity contribution < 1.29 is 4.79 Å². The fourth-order valence-corrected chi connectivity index (χ4v) is 2.43. The predicted octanol–water partition coefficient (Wildman–Crippen LogP) is 3.61. The molecule has 0 aliphatic heterocycles. The minimum absolute atomic E-state index is 0.272. The van der Waals surface area contributed by atoms with Crippen molar-refractivity contribution in [3.63, 3.8) is 0 Å². The van der Waals surface area contributed by atoms with Crippen LogP contribution < -0.4 is 0 Å². The van der Waals surface area contributed by atoms with Gasteiger partial charge in [0, 0.05) is 29.8 Å². The molecular weight excluding hydrogens is 210 g/mol. The number of carbonyl (C=O) groups excluding carboxylic acids is 1. The fraction of sp³-hybridized carbons (Fsp3) is 0.333. The molecule has 0 atom stereocenters. The lowest BCUT2D eigenvalue weighted by atomic mass is 9.80. The van der Waals surface area contributed by atoms with Crippen molar-refractivity contribution in [1.82, 2.24) is 4.98 Å². The Balaban J connectivity index is 1.95. The van der Waals surface area contributed by atoms with Crippen LogP contribution in [-0.4, -0.2) is 10.8 Å². The van der Waals surface area contributed by atoms with Crippen LogP contribution in [0.2, 0.25) is 0 Å². The van der Waals surface area contributed by atoms with Crippen LogP contribution >= 0.6 is 0 Å². The van der Waals surface area contributed by atoms with E-state index in [4.69, 9.17) is 0 Å². The average molecular weight is 225 g/mol. The summed E-state index contributed by atoms with van der Waals surface area (Å²) < 4.78 is 0. The maximum Gasteiger partial charge on any atom is 0.163 e. The van der Waals surface area contributed by atoms with Gasteiger partial charge in [-0.3, -0.25) is 9.78 Å². The highest BCUT2D eigenvalue weighted by molar-refractivity contribution is 6.07. The summed E-state index contributed by atoms with van der Waals surface area (Å²) in [5, 5.41) is 2.08. The summed E-state index contributed by atoms with van der Waals surface area (Å²) in [6.45, 7) is 0. The first kappa shape index (κ1) is 10.5. The smallest absolute Gasteiger partial charge is 0.163 e. The van der Waals surface area contributed by atoms with Gasteiger partial charge in [0.05, 0.1) is 0 Å². The predicted molar refractivity (Wildman–Crippen MR) is 68.0 cm³/mol. The Bertz CT molecular complexity index is 552. The molecule has 17 heavy (non-hydrogen) atoms. The van der Waals surface area contributed by atoms with Gasteiger partial charge in [0.25, 0.3) is 0 Å². The Kier molecular flexibility index (Phi) is 2.63. The minimum atomic E-state index is 0.272. The number of ketones is 1. The molecule has 1 saturated carbocycles. The van der Waals surface area contributed by atoms with Crippen LogP contribution in [0, 0.1) is 5.92 Å². The number of hydrogen-bond acceptors (Lipinski definition) is 2. The van der Waals surface area contributed by atoms with E-state index in [-0.39, 0.29) is 5.78 Å². The molecule has 1 heterocycles. The van der Waals surface area contributed by atoms with Crippen molar-refractivity contribution in [1.29, 1.82) is 0 Å². The maximum atomic E-state index is 12.2. The molecule has 86 valence electrons. The second-order valence-electron chi connectivity index (χ2n) is 4.83. The highest BCUT2D eigenvalue weighted by Gasteiger charge is 2.22. The van der Waals surface area contributed by atoms with E-state index in [2.05, 4.69) is 4.98 Å². The van der Waals surface area contributed by atoms with E-state index >= 15 is 0 Å². The fourth-order valence-electron chi connectivity index (χ4n) is 2.43. The lowest BCUT2D eigenvalue weighted by Crippen LogP contribution is -2.16. The molecule has 0 saturated heterocycles. The first-order chi connectivity index (χ1) is 8.34. The Morgan fingerprint density at radius 3 is 2.94 bits per heavy atom. The molecule has 2 nitrogen and oxygen atoms in total. The average Bonchev–Trinajstić information content (AvgIpc) is 2.33. The Morgan fingerprint density at radius 2 is 2.18 bits per heavy atom. The van der Waals surface area contributed by atoms with Gasteiger partial charge in [-0.1, -0.05) is 37.5 Å². The summed E-state index contributed by atoms with van der Waals surface area (Å²) in [6.07, 6.45) is 7.98. The van der Waals surface area contributed by atoms with Crippen molar-refractivity contribution in [2.75, 3.05) is 0 Å². The van der Waals surface area contributed by atoms with Gasteiger partial charge in [0.15, 0.2) is 5.78 Å². The van der Waals surface area contributed by atoms with Crippen LogP contribution in [-0.2, 0) is 0 Å². The second kappa shape index (κ2) is 4.28. The van der Waals surface area contributed by atoms with Gasteiger partial charge in [-0.05, 0) is 17.4 Å². The third kappa shape index (κ3) is 1.95. The van der Waals surface area contributed by atoms with E-state index in [1.807, 2.05) is 24.3 Å². The van der Waals surface area contributed by atoms with E-state index < -0.39 is 0 Å². The molecule has 3 rings (SSSR count). The molecule has 1 fully saturated rings. The Morgan fingerprint density at radius 1 is 1.29 bits per heavy atom. The van der Waals surface area contributed by atoms with Crippen molar-refractivity contribution in [3.05, 3.63) is 42.2 Å². The monoisotopic (exact) mass is 225 g/mol. The summed E-state index contributed by atoms with van der Waals surface area (Å²) in [6, 6.07) is 7.86. The first-order valence-electron chi connectivity index (χ1n) is 6.20. The molecule has 0 bridgehead atoms. The molecule has 1 aliphatic rings. The topological polar surface area (TPSA) is 30.0 Å². The zero-order valence-electron chi connectivity index (χ0n) is 9.73. The van der Waals surface area contributed by atoms with E-state index in [0.717, 1.165) is 16.3 Å². The van der Waals surface area contributed by atoms with E-state index in [0.29, 0.717) is 12.3 Å². The van der Waals surface area contributed by atoms with Crippen molar-refractivity contribution in [2.45, 2.75) is 25.7 Å². The molecule has 1 aromatic carbocycles. The van der Waals surface area contributed by atoms with Crippen molar-refractivity contribution in [3.8, 4) is 0 Å².